The van der Waals surface area contributed by atoms with Gasteiger partial charge in [-0.05, 0) is 35.4 Å². The lowest BCUT2D eigenvalue weighted by Gasteiger charge is -2.24. The quantitative estimate of drug-likeness (QED) is 0.822. The van der Waals surface area contributed by atoms with E-state index in [1.54, 1.807) is 0 Å². The molecule has 0 saturated carbocycles. The van der Waals surface area contributed by atoms with Gasteiger partial charge in [0.15, 0.2) is 0 Å². The third-order valence-electron chi connectivity index (χ3n) is 4.51. The van der Waals surface area contributed by atoms with Crippen LogP contribution in [0.4, 0.5) is 0 Å². The van der Waals surface area contributed by atoms with Crippen LogP contribution in [0.25, 0.3) is 0 Å². The largest absolute Gasteiger partial charge is 0.388 e. The number of hydrogen-bond donors (Lipinski definition) is 1. The average Bonchev–Trinajstić information content (AvgIpc) is 2.49. The van der Waals surface area contributed by atoms with E-state index in [1.165, 1.54) is 16.7 Å². The van der Waals surface area contributed by atoms with Crippen molar-refractivity contribution in [1.29, 1.82) is 0 Å². The Bertz CT molecular complexity index is 564. The normalized spacial score (nSPS) is 13.2. The SMILES string of the molecule is CCC(C)(C)c1ccc(C(O)Cc2ccc(C)cc2)cc1. The molecule has 1 N–H and O–H groups in total. The highest BCUT2D eigenvalue weighted by atomic mass is 16.3. The van der Waals surface area contributed by atoms with Gasteiger partial charge in [0.1, 0.15) is 0 Å². The number of hydrogen-bond acceptors (Lipinski definition) is 1. The summed E-state index contributed by atoms with van der Waals surface area (Å²) in [5.41, 5.74) is 4.94. The predicted octanol–water partition coefficient (Wildman–Crippen LogP) is 4.96. The van der Waals surface area contributed by atoms with Crippen molar-refractivity contribution in [3.8, 4) is 0 Å². The summed E-state index contributed by atoms with van der Waals surface area (Å²) in [6.45, 7) is 8.80. The van der Waals surface area contributed by atoms with Crippen LogP contribution in [0, 0.1) is 6.92 Å². The fourth-order valence-corrected chi connectivity index (χ4v) is 2.43. The van der Waals surface area contributed by atoms with Crippen LogP contribution in [0.2, 0.25) is 0 Å². The summed E-state index contributed by atoms with van der Waals surface area (Å²) in [7, 11) is 0. The molecule has 1 atom stereocenters. The molecular formula is C20H26O. The predicted molar refractivity (Wildman–Crippen MR) is 89.6 cm³/mol. The Morgan fingerprint density at radius 3 is 2.05 bits per heavy atom. The second kappa shape index (κ2) is 6.44. The molecule has 0 bridgehead atoms. The minimum atomic E-state index is -0.438. The molecule has 0 aliphatic carbocycles. The maximum absolute atomic E-state index is 10.4. The minimum absolute atomic E-state index is 0.195. The van der Waals surface area contributed by atoms with Crippen LogP contribution >= 0.6 is 0 Å². The lowest BCUT2D eigenvalue weighted by atomic mass is 9.82. The van der Waals surface area contributed by atoms with E-state index >= 15 is 0 Å². The molecule has 0 radical (unpaired) electrons. The zero-order valence-corrected chi connectivity index (χ0v) is 13.6. The maximum atomic E-state index is 10.4. The van der Waals surface area contributed by atoms with E-state index in [-0.39, 0.29) is 5.41 Å². The molecule has 0 aliphatic heterocycles. The molecule has 0 aliphatic rings. The van der Waals surface area contributed by atoms with Gasteiger partial charge in [-0.3, -0.25) is 0 Å². The summed E-state index contributed by atoms with van der Waals surface area (Å²) in [4.78, 5) is 0. The van der Waals surface area contributed by atoms with Crippen molar-refractivity contribution in [2.24, 2.45) is 0 Å². The Kier molecular flexibility index (Phi) is 4.84. The molecule has 2 aromatic carbocycles. The zero-order chi connectivity index (χ0) is 15.5. The third-order valence-corrected chi connectivity index (χ3v) is 4.51. The summed E-state index contributed by atoms with van der Waals surface area (Å²) in [5, 5.41) is 10.4. The number of aliphatic hydroxyl groups is 1. The molecule has 0 saturated heterocycles. The highest BCUT2D eigenvalue weighted by molar-refractivity contribution is 5.30. The van der Waals surface area contributed by atoms with E-state index in [4.69, 9.17) is 0 Å². The molecule has 2 rings (SSSR count). The zero-order valence-electron chi connectivity index (χ0n) is 13.6. The molecule has 2 aromatic rings. The molecule has 1 heteroatoms. The lowest BCUT2D eigenvalue weighted by molar-refractivity contribution is 0.178. The number of aliphatic hydroxyl groups excluding tert-OH is 1. The van der Waals surface area contributed by atoms with Gasteiger partial charge >= 0.3 is 0 Å². The maximum Gasteiger partial charge on any atom is 0.0830 e. The monoisotopic (exact) mass is 282 g/mol. The van der Waals surface area contributed by atoms with Gasteiger partial charge in [-0.15, -0.1) is 0 Å². The van der Waals surface area contributed by atoms with Gasteiger partial charge in [-0.2, -0.15) is 0 Å². The van der Waals surface area contributed by atoms with Crippen LogP contribution in [0.3, 0.4) is 0 Å². The van der Waals surface area contributed by atoms with E-state index in [0.717, 1.165) is 12.0 Å². The van der Waals surface area contributed by atoms with Crippen molar-refractivity contribution in [2.45, 2.75) is 52.1 Å². The van der Waals surface area contributed by atoms with Gasteiger partial charge in [-0.1, -0.05) is 74.9 Å². The summed E-state index contributed by atoms with van der Waals surface area (Å²) in [6, 6.07) is 16.8. The van der Waals surface area contributed by atoms with Crippen LogP contribution in [0.1, 0.15) is 55.5 Å². The van der Waals surface area contributed by atoms with Crippen LogP contribution in [0.15, 0.2) is 48.5 Å². The molecule has 21 heavy (non-hydrogen) atoms. The van der Waals surface area contributed by atoms with E-state index < -0.39 is 6.10 Å². The van der Waals surface area contributed by atoms with Crippen molar-refractivity contribution in [2.75, 3.05) is 0 Å². The Labute approximate surface area is 128 Å². The Balaban J connectivity index is 2.09. The second-order valence-corrected chi connectivity index (χ2v) is 6.56. The van der Waals surface area contributed by atoms with Gasteiger partial charge in [-0.25, -0.2) is 0 Å². The number of rotatable bonds is 5. The first kappa shape index (κ1) is 15.8. The Morgan fingerprint density at radius 1 is 0.952 bits per heavy atom. The van der Waals surface area contributed by atoms with Crippen molar-refractivity contribution < 1.29 is 5.11 Å². The van der Waals surface area contributed by atoms with Gasteiger partial charge in [0, 0.05) is 6.42 Å². The van der Waals surface area contributed by atoms with Crippen LogP contribution in [0.5, 0.6) is 0 Å². The summed E-state index contributed by atoms with van der Waals surface area (Å²) in [6.07, 6.45) is 1.33. The third kappa shape index (κ3) is 3.95. The van der Waals surface area contributed by atoms with Crippen molar-refractivity contribution >= 4 is 0 Å². The first-order valence-corrected chi connectivity index (χ1v) is 7.76. The fraction of sp³-hybridized carbons (Fsp3) is 0.400. The highest BCUT2D eigenvalue weighted by Gasteiger charge is 2.18. The fourth-order valence-electron chi connectivity index (χ4n) is 2.43. The van der Waals surface area contributed by atoms with Crippen molar-refractivity contribution in [3.05, 3.63) is 70.8 Å². The summed E-state index contributed by atoms with van der Waals surface area (Å²) < 4.78 is 0. The first-order chi connectivity index (χ1) is 9.92. The topological polar surface area (TPSA) is 20.2 Å². The molecule has 1 nitrogen and oxygen atoms in total. The van der Waals surface area contributed by atoms with Crippen LogP contribution in [-0.2, 0) is 11.8 Å². The van der Waals surface area contributed by atoms with Crippen LogP contribution < -0.4 is 0 Å². The van der Waals surface area contributed by atoms with Gasteiger partial charge in [0.05, 0.1) is 6.10 Å². The molecule has 0 amide bonds. The molecule has 0 fully saturated rings. The van der Waals surface area contributed by atoms with E-state index in [2.05, 4.69) is 76.2 Å². The number of aryl methyl sites for hydroxylation is 1. The van der Waals surface area contributed by atoms with E-state index in [0.29, 0.717) is 6.42 Å². The molecule has 1 unspecified atom stereocenters. The molecule has 112 valence electrons. The Hall–Kier alpha value is -1.60. The van der Waals surface area contributed by atoms with Crippen molar-refractivity contribution in [3.63, 3.8) is 0 Å². The summed E-state index contributed by atoms with van der Waals surface area (Å²) in [5.74, 6) is 0. The minimum Gasteiger partial charge on any atom is -0.388 e. The summed E-state index contributed by atoms with van der Waals surface area (Å²) >= 11 is 0. The molecule has 0 heterocycles. The smallest absolute Gasteiger partial charge is 0.0830 e. The average molecular weight is 282 g/mol. The van der Waals surface area contributed by atoms with Gasteiger partial charge < -0.3 is 5.11 Å². The standard InChI is InChI=1S/C20H26O/c1-5-20(3,4)18-12-10-17(11-13-18)19(21)14-16-8-6-15(2)7-9-16/h6-13,19,21H,5,14H2,1-4H3. The molecule has 0 aromatic heterocycles. The first-order valence-electron chi connectivity index (χ1n) is 7.76. The molecular weight excluding hydrogens is 256 g/mol. The van der Waals surface area contributed by atoms with E-state index in [9.17, 15) is 5.11 Å². The number of benzene rings is 2. The van der Waals surface area contributed by atoms with Crippen molar-refractivity contribution in [1.82, 2.24) is 0 Å². The van der Waals surface area contributed by atoms with Crippen LogP contribution in [-0.4, -0.2) is 5.11 Å². The second-order valence-electron chi connectivity index (χ2n) is 6.56. The highest BCUT2D eigenvalue weighted by Crippen LogP contribution is 2.28. The Morgan fingerprint density at radius 2 is 1.52 bits per heavy atom. The van der Waals surface area contributed by atoms with E-state index in [1.807, 2.05) is 0 Å². The van der Waals surface area contributed by atoms with Gasteiger partial charge in [0.2, 0.25) is 0 Å². The van der Waals surface area contributed by atoms with Gasteiger partial charge in [0.25, 0.3) is 0 Å². The molecule has 0 spiro atoms. The lowest BCUT2D eigenvalue weighted by Crippen LogP contribution is -2.15.